The third-order valence-electron chi connectivity index (χ3n) is 11.3. The molecule has 8 aromatic rings. The monoisotopic (exact) mass is 835 g/mol. The highest BCUT2D eigenvalue weighted by Crippen LogP contribution is 2.45. The molecule has 0 aliphatic heterocycles. The van der Waals surface area contributed by atoms with Crippen molar-refractivity contribution in [2.75, 3.05) is 0 Å². The molecule has 0 atom stereocenters. The SMILES string of the molecule is [2H]C(C)(C)c1cc(-n2c(-c3cc(C(C([2H])([2H])[2H])(C([2H])([2H])[2H])C([2H])([2H])[2H])cc(C(C([2H])([2H])[2H])(C([2H])([2H])[2H])C([2H])([2H])[2H])c3O)nc3c(-c4cc(-c5cc(-c6ccc(C)cc6)ccn5)cc(C(C)(C)C)c4)cccc32)ccc1-c1ccccc1. The minimum Gasteiger partial charge on any atom is -0.507 e. The average Bonchev–Trinajstić information content (AvgIpc) is 3.79. The van der Waals surface area contributed by atoms with Gasteiger partial charge in [0.25, 0.3) is 0 Å². The lowest BCUT2D eigenvalue weighted by atomic mass is 9.79. The minimum atomic E-state index is -4.15. The zero-order valence-electron chi connectivity index (χ0n) is 54.6. The van der Waals surface area contributed by atoms with Gasteiger partial charge in [0.2, 0.25) is 0 Å². The summed E-state index contributed by atoms with van der Waals surface area (Å²) < 4.78 is 168. The Morgan fingerprint density at radius 2 is 1.31 bits per heavy atom. The molecule has 0 aliphatic rings. The molecule has 0 aliphatic carbocycles. The fraction of sp³-hybridized carbons (Fsp3) is 0.276. The molecule has 4 nitrogen and oxygen atoms in total. The van der Waals surface area contributed by atoms with Crippen molar-refractivity contribution in [3.63, 3.8) is 0 Å². The molecule has 314 valence electrons. The molecule has 1 N–H and O–H groups in total. The maximum Gasteiger partial charge on any atom is 0.149 e. The number of fused-ring (bicyclic) bond motifs is 1. The highest BCUT2D eigenvalue weighted by atomic mass is 16.3. The summed E-state index contributed by atoms with van der Waals surface area (Å²) in [5.74, 6) is -3.18. The lowest BCUT2D eigenvalue weighted by Crippen LogP contribution is -2.17. The van der Waals surface area contributed by atoms with Gasteiger partial charge in [0, 0.05) is 54.6 Å². The zero-order chi connectivity index (χ0) is 60.2. The fourth-order valence-corrected chi connectivity index (χ4v) is 7.91. The molecule has 0 fully saturated rings. The lowest BCUT2D eigenvalue weighted by Gasteiger charge is -2.27. The summed E-state index contributed by atoms with van der Waals surface area (Å²) >= 11 is 0. The van der Waals surface area contributed by atoms with Gasteiger partial charge >= 0.3 is 0 Å². The predicted molar refractivity (Wildman–Crippen MR) is 263 cm³/mol. The normalized spacial score (nSPS) is 18.3. The van der Waals surface area contributed by atoms with Crippen LogP contribution < -0.4 is 0 Å². The van der Waals surface area contributed by atoms with Crippen LogP contribution in [-0.2, 0) is 16.2 Å². The Balaban J connectivity index is 1.59. The van der Waals surface area contributed by atoms with E-state index < -0.39 is 91.5 Å². The topological polar surface area (TPSA) is 50.9 Å². The zero-order valence-corrected chi connectivity index (χ0v) is 35.6. The van der Waals surface area contributed by atoms with Crippen LogP contribution in [0, 0.1) is 6.92 Å². The van der Waals surface area contributed by atoms with Gasteiger partial charge in [-0.15, -0.1) is 0 Å². The number of benzene rings is 6. The van der Waals surface area contributed by atoms with E-state index >= 15 is 0 Å². The molecule has 6 aromatic carbocycles. The van der Waals surface area contributed by atoms with Crippen LogP contribution in [0.15, 0.2) is 140 Å². The summed E-state index contributed by atoms with van der Waals surface area (Å²) in [5, 5.41) is 13.0. The van der Waals surface area contributed by atoms with Crippen molar-refractivity contribution in [3.8, 4) is 67.5 Å². The van der Waals surface area contributed by atoms with Crippen molar-refractivity contribution in [1.82, 2.24) is 14.5 Å². The highest BCUT2D eigenvalue weighted by molar-refractivity contribution is 5.97. The van der Waals surface area contributed by atoms with Gasteiger partial charge in [-0.1, -0.05) is 166 Å². The van der Waals surface area contributed by atoms with Crippen LogP contribution in [0.2, 0.25) is 0 Å². The number of pyridine rings is 1. The largest absolute Gasteiger partial charge is 0.507 e. The Morgan fingerprint density at radius 1 is 0.597 bits per heavy atom. The number of aryl methyl sites for hydroxylation is 1. The third kappa shape index (κ3) is 8.23. The molecular weight excluding hydrogens is 755 g/mol. The second-order valence-corrected chi connectivity index (χ2v) is 17.3. The van der Waals surface area contributed by atoms with Crippen molar-refractivity contribution >= 4 is 11.0 Å². The lowest BCUT2D eigenvalue weighted by molar-refractivity contribution is 0.446. The molecule has 2 heterocycles. The maximum absolute atomic E-state index is 13.0. The molecule has 0 saturated carbocycles. The Labute approximate surface area is 396 Å². The van der Waals surface area contributed by atoms with Crippen LogP contribution in [0.4, 0.5) is 0 Å². The summed E-state index contributed by atoms with van der Waals surface area (Å²) in [5.41, 5.74) is -3.57. The number of phenols is 1. The predicted octanol–water partition coefficient (Wildman–Crippen LogP) is 15.8. The quantitative estimate of drug-likeness (QED) is 0.174. The van der Waals surface area contributed by atoms with Gasteiger partial charge in [0.1, 0.15) is 11.6 Å². The molecule has 0 unspecified atom stereocenters. The van der Waals surface area contributed by atoms with E-state index in [2.05, 4.69) is 0 Å². The van der Waals surface area contributed by atoms with Crippen LogP contribution >= 0.6 is 0 Å². The number of rotatable bonds is 7. The van der Waals surface area contributed by atoms with Crippen LogP contribution in [0.3, 0.4) is 0 Å². The molecule has 62 heavy (non-hydrogen) atoms. The van der Waals surface area contributed by atoms with E-state index in [0.29, 0.717) is 39.6 Å². The number of imidazole rings is 1. The molecule has 4 heteroatoms. The first-order valence-corrected chi connectivity index (χ1v) is 20.4. The van der Waals surface area contributed by atoms with Crippen molar-refractivity contribution in [1.29, 1.82) is 0 Å². The van der Waals surface area contributed by atoms with E-state index in [1.807, 2.05) is 113 Å². The van der Waals surface area contributed by atoms with Gasteiger partial charge in [0.05, 0.1) is 22.3 Å². The van der Waals surface area contributed by atoms with E-state index in [1.165, 1.54) is 4.57 Å². The molecule has 0 amide bonds. The number of aromatic hydroxyl groups is 1. The van der Waals surface area contributed by atoms with Gasteiger partial charge in [0.15, 0.2) is 0 Å². The molecule has 8 rings (SSSR count). The number of aromatic nitrogens is 3. The highest BCUT2D eigenvalue weighted by Gasteiger charge is 2.29. The van der Waals surface area contributed by atoms with Crippen molar-refractivity contribution in [2.45, 2.75) is 105 Å². The molecule has 0 bridgehead atoms. The van der Waals surface area contributed by atoms with Crippen molar-refractivity contribution in [2.24, 2.45) is 0 Å². The number of hydrogen-bond donors (Lipinski definition) is 1. The standard InChI is InChI=1S/C58H61N3O/c1-36(2)48-35-45(25-26-46(48)39-17-14-13-15-18-39)61-52-20-16-19-47(53(52)60-55(61)49-33-44(57(7,8)9)34-50(54(49)62)58(10,11)12)41-29-42(31-43(30-41)56(4,5)6)51-32-40(27-28-59-51)38-23-21-37(3)22-24-38/h13-36,62H,1-12H3/i7D3,8D3,9D3,10D3,11D3,12D3,36D. The molecule has 0 spiro atoms. The van der Waals surface area contributed by atoms with Crippen LogP contribution in [0.25, 0.3) is 72.7 Å². The van der Waals surface area contributed by atoms with Gasteiger partial charge < -0.3 is 5.11 Å². The summed E-state index contributed by atoms with van der Waals surface area (Å²) in [6.45, 7) is -13.2. The average molecular weight is 835 g/mol. The number of phenolic OH excluding ortho intramolecular Hbond substituents is 1. The summed E-state index contributed by atoms with van der Waals surface area (Å²) in [4.78, 5) is 9.93. The Morgan fingerprint density at radius 3 is 2.00 bits per heavy atom. The first kappa shape index (κ1) is 25.0. The van der Waals surface area contributed by atoms with Gasteiger partial charge in [-0.05, 0) is 122 Å². The van der Waals surface area contributed by atoms with E-state index in [9.17, 15) is 6.48 Å². The molecule has 0 radical (unpaired) electrons. The molecule has 2 aromatic heterocycles. The van der Waals surface area contributed by atoms with Crippen molar-refractivity contribution in [3.05, 3.63) is 167 Å². The maximum atomic E-state index is 13.0. The van der Waals surface area contributed by atoms with E-state index in [4.69, 9.17) is 34.6 Å². The number of hydrogen-bond acceptors (Lipinski definition) is 3. The molecular formula is C58H61N3O. The Hall–Kier alpha value is -6.26. The smallest absolute Gasteiger partial charge is 0.149 e. The summed E-state index contributed by atoms with van der Waals surface area (Å²) in [6.07, 6.45) is 1.71. The summed E-state index contributed by atoms with van der Waals surface area (Å²) in [6, 6.07) is 38.2. The van der Waals surface area contributed by atoms with Gasteiger partial charge in [-0.3, -0.25) is 9.55 Å². The van der Waals surface area contributed by atoms with Crippen LogP contribution in [-0.4, -0.2) is 19.6 Å². The van der Waals surface area contributed by atoms with Crippen molar-refractivity contribution < 1.29 is 31.2 Å². The van der Waals surface area contributed by atoms with Gasteiger partial charge in [-0.2, -0.15) is 0 Å². The molecule has 0 saturated heterocycles. The van der Waals surface area contributed by atoms with Crippen LogP contribution in [0.1, 0.15) is 135 Å². The summed E-state index contributed by atoms with van der Waals surface area (Å²) in [7, 11) is 0. The fourth-order valence-electron chi connectivity index (χ4n) is 7.91. The Bertz CT molecular complexity index is 3590. The number of para-hydroxylation sites is 1. The van der Waals surface area contributed by atoms with E-state index in [0.717, 1.165) is 27.8 Å². The minimum absolute atomic E-state index is 0.151. The second-order valence-electron chi connectivity index (χ2n) is 17.3. The van der Waals surface area contributed by atoms with E-state index in [1.54, 1.807) is 56.4 Å². The van der Waals surface area contributed by atoms with Crippen LogP contribution in [0.5, 0.6) is 5.75 Å². The second kappa shape index (κ2) is 15.9. The first-order valence-electron chi connectivity index (χ1n) is 29.9. The van der Waals surface area contributed by atoms with Gasteiger partial charge in [-0.25, -0.2) is 4.98 Å². The first-order chi connectivity index (χ1) is 37.1. The number of nitrogens with zero attached hydrogens (tertiary/aromatic N) is 3. The third-order valence-corrected chi connectivity index (χ3v) is 11.3. The Kier molecular flexibility index (Phi) is 6.41. The van der Waals surface area contributed by atoms with E-state index in [-0.39, 0.29) is 22.8 Å².